The largest absolute Gasteiger partial charge is 0.435 e. The second kappa shape index (κ2) is 7.28. The maximum atomic E-state index is 13.5. The Hall–Kier alpha value is -3.51. The van der Waals surface area contributed by atoms with Gasteiger partial charge in [-0.05, 0) is 43.5 Å². The molecule has 0 spiro atoms. The molecule has 160 valence electrons. The smallest absolute Gasteiger partial charge is 0.262 e. The number of rotatable bonds is 4. The first-order chi connectivity index (χ1) is 15.7. The van der Waals surface area contributed by atoms with Crippen LogP contribution in [0.3, 0.4) is 0 Å². The number of nitrogens with zero attached hydrogens (tertiary/aromatic N) is 3. The van der Waals surface area contributed by atoms with Crippen LogP contribution in [0.25, 0.3) is 33.3 Å². The number of carbonyl (C=O) groups excluding carboxylic acids is 2. The minimum atomic E-state index is -0.258. The van der Waals surface area contributed by atoms with Crippen molar-refractivity contribution in [3.63, 3.8) is 0 Å². The Kier molecular flexibility index (Phi) is 4.36. The van der Waals surface area contributed by atoms with Crippen LogP contribution in [0.5, 0.6) is 0 Å². The summed E-state index contributed by atoms with van der Waals surface area (Å²) in [4.78, 5) is 35.2. The molecule has 6 heteroatoms. The van der Waals surface area contributed by atoms with Crippen LogP contribution in [0, 0.1) is 0 Å². The van der Waals surface area contributed by atoms with Crippen molar-refractivity contribution < 1.29 is 14.0 Å². The summed E-state index contributed by atoms with van der Waals surface area (Å²) in [6.07, 6.45) is 3.23. The average Bonchev–Trinajstić information content (AvgIpc) is 3.47. The molecular weight excluding hydrogens is 402 g/mol. The van der Waals surface area contributed by atoms with E-state index in [-0.39, 0.29) is 11.8 Å². The molecule has 32 heavy (non-hydrogen) atoms. The van der Waals surface area contributed by atoms with Crippen molar-refractivity contribution >= 4 is 33.7 Å². The first kappa shape index (κ1) is 19.2. The molecule has 0 unspecified atom stereocenters. The fourth-order valence-corrected chi connectivity index (χ4v) is 5.15. The number of aromatic nitrogens is 1. The molecule has 1 fully saturated rings. The molecular formula is C26H23N3O3. The Morgan fingerprint density at radius 3 is 2.66 bits per heavy atom. The van der Waals surface area contributed by atoms with Gasteiger partial charge in [0, 0.05) is 34.5 Å². The maximum absolute atomic E-state index is 13.5. The predicted molar refractivity (Wildman–Crippen MR) is 122 cm³/mol. The van der Waals surface area contributed by atoms with Crippen LogP contribution in [0.2, 0.25) is 0 Å². The van der Waals surface area contributed by atoms with Crippen molar-refractivity contribution in [3.8, 4) is 11.5 Å². The van der Waals surface area contributed by atoms with E-state index in [4.69, 9.17) is 4.42 Å². The molecule has 4 aromatic rings. The Labute approximate surface area is 185 Å². The van der Waals surface area contributed by atoms with Gasteiger partial charge in [-0.2, -0.15) is 0 Å². The molecule has 0 saturated carbocycles. The number of hydrogen-bond donors (Lipinski definition) is 0. The maximum Gasteiger partial charge on any atom is 0.262 e. The first-order valence-corrected chi connectivity index (χ1v) is 11.2. The van der Waals surface area contributed by atoms with Crippen LogP contribution in [-0.4, -0.2) is 45.9 Å². The van der Waals surface area contributed by atoms with E-state index in [0.717, 1.165) is 36.8 Å². The molecule has 1 aromatic heterocycles. The van der Waals surface area contributed by atoms with Gasteiger partial charge in [0.25, 0.3) is 11.8 Å². The van der Waals surface area contributed by atoms with Gasteiger partial charge in [-0.1, -0.05) is 37.3 Å². The summed E-state index contributed by atoms with van der Waals surface area (Å²) in [5.74, 6) is 0.00537. The highest BCUT2D eigenvalue weighted by Crippen LogP contribution is 2.37. The van der Waals surface area contributed by atoms with Gasteiger partial charge in [0.1, 0.15) is 5.52 Å². The monoisotopic (exact) mass is 425 g/mol. The Morgan fingerprint density at radius 1 is 1.03 bits per heavy atom. The average molecular weight is 425 g/mol. The standard InChI is InChI=1S/C26H23N3O3/c1-2-17-10-7-13-28(17)15-29-25(30)19-12-6-11-18-22(19)20(26(29)31)14-21-23(18)32-24(27-21)16-8-4-3-5-9-16/h3-6,8-9,11-12,14,17H,2,7,10,13,15H2,1H3/t17-/m0/s1. The van der Waals surface area contributed by atoms with Crippen LogP contribution in [0.4, 0.5) is 0 Å². The topological polar surface area (TPSA) is 66.7 Å². The summed E-state index contributed by atoms with van der Waals surface area (Å²) in [6.45, 7) is 3.40. The van der Waals surface area contributed by atoms with E-state index in [1.165, 1.54) is 4.90 Å². The molecule has 1 atom stereocenters. The van der Waals surface area contributed by atoms with E-state index >= 15 is 0 Å². The van der Waals surface area contributed by atoms with Gasteiger partial charge >= 0.3 is 0 Å². The summed E-state index contributed by atoms with van der Waals surface area (Å²) in [5.41, 5.74) is 3.16. The molecule has 2 aliphatic rings. The summed E-state index contributed by atoms with van der Waals surface area (Å²) in [5, 5.41) is 1.41. The number of oxazole rings is 1. The summed E-state index contributed by atoms with van der Waals surface area (Å²) < 4.78 is 6.12. The molecule has 3 heterocycles. The van der Waals surface area contributed by atoms with Crippen LogP contribution in [0.15, 0.2) is 59.0 Å². The van der Waals surface area contributed by atoms with E-state index in [1.54, 1.807) is 12.1 Å². The second-order valence-electron chi connectivity index (χ2n) is 8.58. The van der Waals surface area contributed by atoms with Crippen LogP contribution in [0.1, 0.15) is 46.9 Å². The minimum absolute atomic E-state index is 0.239. The summed E-state index contributed by atoms with van der Waals surface area (Å²) >= 11 is 0. The minimum Gasteiger partial charge on any atom is -0.435 e. The molecule has 1 saturated heterocycles. The number of likely N-dealkylation sites (tertiary alicyclic amines) is 1. The third-order valence-electron chi connectivity index (χ3n) is 6.78. The van der Waals surface area contributed by atoms with Crippen molar-refractivity contribution in [2.75, 3.05) is 13.2 Å². The number of carbonyl (C=O) groups is 2. The van der Waals surface area contributed by atoms with E-state index in [1.807, 2.05) is 42.5 Å². The molecule has 0 radical (unpaired) electrons. The molecule has 0 N–H and O–H groups in total. The van der Waals surface area contributed by atoms with Crippen molar-refractivity contribution in [1.82, 2.24) is 14.8 Å². The van der Waals surface area contributed by atoms with Crippen LogP contribution < -0.4 is 0 Å². The lowest BCUT2D eigenvalue weighted by atomic mass is 9.93. The highest BCUT2D eigenvalue weighted by molar-refractivity contribution is 6.28. The normalized spacial score (nSPS) is 18.9. The lowest BCUT2D eigenvalue weighted by molar-refractivity contribution is 0.0481. The van der Waals surface area contributed by atoms with Gasteiger partial charge in [-0.25, -0.2) is 4.98 Å². The Bertz CT molecular complexity index is 1380. The van der Waals surface area contributed by atoms with E-state index < -0.39 is 0 Å². The zero-order chi connectivity index (χ0) is 21.8. The number of fused-ring (bicyclic) bond motifs is 2. The predicted octanol–water partition coefficient (Wildman–Crippen LogP) is 5.08. The zero-order valence-corrected chi connectivity index (χ0v) is 17.9. The second-order valence-corrected chi connectivity index (χ2v) is 8.58. The number of hydrogen-bond acceptors (Lipinski definition) is 5. The highest BCUT2D eigenvalue weighted by Gasteiger charge is 2.37. The van der Waals surface area contributed by atoms with Crippen molar-refractivity contribution in [2.45, 2.75) is 32.2 Å². The summed E-state index contributed by atoms with van der Waals surface area (Å²) in [6, 6.07) is 17.4. The van der Waals surface area contributed by atoms with Crippen molar-refractivity contribution in [3.05, 3.63) is 65.7 Å². The van der Waals surface area contributed by atoms with E-state index in [2.05, 4.69) is 16.8 Å². The van der Waals surface area contributed by atoms with Gasteiger partial charge < -0.3 is 4.42 Å². The quantitative estimate of drug-likeness (QED) is 0.427. The molecule has 2 aliphatic heterocycles. The summed E-state index contributed by atoms with van der Waals surface area (Å²) in [7, 11) is 0. The molecule has 6 nitrogen and oxygen atoms in total. The number of amides is 2. The van der Waals surface area contributed by atoms with Gasteiger partial charge in [0.15, 0.2) is 5.58 Å². The zero-order valence-electron chi connectivity index (χ0n) is 17.9. The molecule has 2 amide bonds. The van der Waals surface area contributed by atoms with Crippen molar-refractivity contribution in [2.24, 2.45) is 0 Å². The Morgan fingerprint density at radius 2 is 1.84 bits per heavy atom. The van der Waals surface area contributed by atoms with Gasteiger partial charge in [0.05, 0.1) is 12.2 Å². The molecule has 0 bridgehead atoms. The first-order valence-electron chi connectivity index (χ1n) is 11.2. The highest BCUT2D eigenvalue weighted by atomic mass is 16.3. The van der Waals surface area contributed by atoms with Crippen LogP contribution in [-0.2, 0) is 0 Å². The van der Waals surface area contributed by atoms with Gasteiger partial charge in [-0.15, -0.1) is 0 Å². The SMILES string of the molecule is CC[C@H]1CCCN1CN1C(=O)c2cccc3c2c(cc2nc(-c4ccccc4)oc23)C1=O. The lowest BCUT2D eigenvalue weighted by Gasteiger charge is -2.33. The van der Waals surface area contributed by atoms with E-state index in [9.17, 15) is 9.59 Å². The third kappa shape index (κ3) is 2.79. The lowest BCUT2D eigenvalue weighted by Crippen LogP contribution is -2.48. The number of benzene rings is 3. The van der Waals surface area contributed by atoms with Gasteiger partial charge in [0.2, 0.25) is 5.89 Å². The van der Waals surface area contributed by atoms with Crippen LogP contribution >= 0.6 is 0 Å². The number of imide groups is 1. The molecule has 0 aliphatic carbocycles. The molecule has 6 rings (SSSR count). The van der Waals surface area contributed by atoms with E-state index in [0.29, 0.717) is 46.2 Å². The third-order valence-corrected chi connectivity index (χ3v) is 6.78. The molecule has 3 aromatic carbocycles. The van der Waals surface area contributed by atoms with Crippen molar-refractivity contribution in [1.29, 1.82) is 0 Å². The fourth-order valence-electron chi connectivity index (χ4n) is 5.15. The Balaban J connectivity index is 1.49. The fraction of sp³-hybridized carbons (Fsp3) is 0.269. The van der Waals surface area contributed by atoms with Gasteiger partial charge in [-0.3, -0.25) is 19.4 Å².